The second-order valence-corrected chi connectivity index (χ2v) is 10.5. The molecule has 1 heterocycles. The highest BCUT2D eigenvalue weighted by molar-refractivity contribution is 6.05. The number of nitrogens with zero attached hydrogens (tertiary/aromatic N) is 2. The number of nitrogens with one attached hydrogen (secondary N) is 3. The standard InChI is InChI=1S/C32H35N5O5/c1-32(2,3)42-31(40)33-18-19-41-21-24-12-8-9-13-26(24)30(39)34-25-16-14-22(15-17-25)27-20-28(37(4)36-27)35-29(38)23-10-6-5-7-11-23/h5-17,20H,18-19,21H2,1-4H3,(H,33,40)(H,34,39)(H,35,38). The van der Waals surface area contributed by atoms with Crippen molar-refractivity contribution in [1.82, 2.24) is 15.1 Å². The minimum absolute atomic E-state index is 0.210. The fourth-order valence-electron chi connectivity index (χ4n) is 4.02. The Morgan fingerprint density at radius 2 is 1.55 bits per heavy atom. The molecule has 0 unspecified atom stereocenters. The molecule has 218 valence electrons. The minimum atomic E-state index is -0.568. The summed E-state index contributed by atoms with van der Waals surface area (Å²) in [7, 11) is 1.76. The third-order valence-corrected chi connectivity index (χ3v) is 6.03. The van der Waals surface area contributed by atoms with Crippen LogP contribution in [0.2, 0.25) is 0 Å². The van der Waals surface area contributed by atoms with Gasteiger partial charge < -0.3 is 25.4 Å². The summed E-state index contributed by atoms with van der Waals surface area (Å²) in [6.45, 7) is 6.15. The van der Waals surface area contributed by atoms with Gasteiger partial charge in [0.1, 0.15) is 11.4 Å². The van der Waals surface area contributed by atoms with E-state index in [1.807, 2.05) is 42.5 Å². The first kappa shape index (κ1) is 30.0. The summed E-state index contributed by atoms with van der Waals surface area (Å²) in [5.74, 6) is 0.0830. The predicted molar refractivity (Wildman–Crippen MR) is 161 cm³/mol. The zero-order valence-corrected chi connectivity index (χ0v) is 24.1. The van der Waals surface area contributed by atoms with Crippen LogP contribution < -0.4 is 16.0 Å². The molecule has 4 aromatic rings. The molecule has 0 saturated carbocycles. The number of benzene rings is 3. The van der Waals surface area contributed by atoms with Gasteiger partial charge in [0.25, 0.3) is 11.8 Å². The van der Waals surface area contributed by atoms with Crippen LogP contribution in [0.5, 0.6) is 0 Å². The molecule has 0 aliphatic carbocycles. The van der Waals surface area contributed by atoms with E-state index in [0.717, 1.165) is 11.1 Å². The van der Waals surface area contributed by atoms with Crippen LogP contribution in [0.1, 0.15) is 47.1 Å². The molecule has 0 atom stereocenters. The van der Waals surface area contributed by atoms with Crippen molar-refractivity contribution in [3.63, 3.8) is 0 Å². The topological polar surface area (TPSA) is 124 Å². The summed E-state index contributed by atoms with van der Waals surface area (Å²) in [6, 6.07) is 25.3. The van der Waals surface area contributed by atoms with Gasteiger partial charge in [0.15, 0.2) is 0 Å². The van der Waals surface area contributed by atoms with Crippen molar-refractivity contribution in [2.75, 3.05) is 23.8 Å². The number of amides is 3. The van der Waals surface area contributed by atoms with Gasteiger partial charge in [0.05, 0.1) is 18.9 Å². The van der Waals surface area contributed by atoms with E-state index in [1.165, 1.54) is 0 Å². The molecule has 42 heavy (non-hydrogen) atoms. The highest BCUT2D eigenvalue weighted by Crippen LogP contribution is 2.24. The number of anilines is 2. The largest absolute Gasteiger partial charge is 0.444 e. The number of hydrogen-bond acceptors (Lipinski definition) is 6. The predicted octanol–water partition coefficient (Wildman–Crippen LogP) is 5.63. The molecule has 0 aliphatic rings. The van der Waals surface area contributed by atoms with Gasteiger partial charge in [-0.05, 0) is 56.7 Å². The zero-order valence-electron chi connectivity index (χ0n) is 24.1. The van der Waals surface area contributed by atoms with E-state index in [1.54, 1.807) is 75.0 Å². The van der Waals surface area contributed by atoms with Gasteiger partial charge in [-0.25, -0.2) is 4.79 Å². The average molecular weight is 570 g/mol. The normalized spacial score (nSPS) is 11.0. The number of hydrogen-bond donors (Lipinski definition) is 3. The summed E-state index contributed by atoms with van der Waals surface area (Å²) in [4.78, 5) is 37.4. The first-order chi connectivity index (χ1) is 20.1. The summed E-state index contributed by atoms with van der Waals surface area (Å²) in [5, 5.41) is 13.0. The van der Waals surface area contributed by atoms with Crippen molar-refractivity contribution in [2.24, 2.45) is 7.05 Å². The Morgan fingerprint density at radius 3 is 2.26 bits per heavy atom. The summed E-state index contributed by atoms with van der Waals surface area (Å²) in [6.07, 6.45) is -0.504. The fourth-order valence-corrected chi connectivity index (χ4v) is 4.02. The molecule has 3 N–H and O–H groups in total. The second kappa shape index (κ2) is 13.6. The summed E-state index contributed by atoms with van der Waals surface area (Å²) >= 11 is 0. The number of aromatic nitrogens is 2. The molecule has 3 amide bonds. The Balaban J connectivity index is 1.32. The first-order valence-electron chi connectivity index (χ1n) is 13.5. The van der Waals surface area contributed by atoms with E-state index >= 15 is 0 Å². The maximum atomic E-state index is 13.1. The van der Waals surface area contributed by atoms with Crippen LogP contribution in [0.15, 0.2) is 84.9 Å². The third-order valence-electron chi connectivity index (χ3n) is 6.03. The molecule has 0 fully saturated rings. The number of carbonyl (C=O) groups excluding carboxylic acids is 3. The molecule has 10 nitrogen and oxygen atoms in total. The van der Waals surface area contributed by atoms with Gasteiger partial charge in [0, 0.05) is 42.0 Å². The zero-order chi connectivity index (χ0) is 30.1. The van der Waals surface area contributed by atoms with Crippen molar-refractivity contribution in [2.45, 2.75) is 33.0 Å². The monoisotopic (exact) mass is 569 g/mol. The number of aryl methyl sites for hydroxylation is 1. The van der Waals surface area contributed by atoms with Gasteiger partial charge in [-0.1, -0.05) is 48.5 Å². The lowest BCUT2D eigenvalue weighted by Gasteiger charge is -2.19. The van der Waals surface area contributed by atoms with Gasteiger partial charge in [-0.2, -0.15) is 5.10 Å². The average Bonchev–Trinajstić information content (AvgIpc) is 3.32. The van der Waals surface area contributed by atoms with E-state index in [2.05, 4.69) is 21.0 Å². The lowest BCUT2D eigenvalue weighted by atomic mass is 10.1. The Hall–Kier alpha value is -4.96. The van der Waals surface area contributed by atoms with Gasteiger partial charge in [-0.15, -0.1) is 0 Å². The quantitative estimate of drug-likeness (QED) is 0.213. The van der Waals surface area contributed by atoms with Crippen LogP contribution in [0.25, 0.3) is 11.3 Å². The minimum Gasteiger partial charge on any atom is -0.444 e. The molecular weight excluding hydrogens is 534 g/mol. The second-order valence-electron chi connectivity index (χ2n) is 10.5. The van der Waals surface area contributed by atoms with Crippen LogP contribution >= 0.6 is 0 Å². The Morgan fingerprint density at radius 1 is 0.857 bits per heavy atom. The molecule has 0 saturated heterocycles. The first-order valence-corrected chi connectivity index (χ1v) is 13.5. The van der Waals surface area contributed by atoms with E-state index in [4.69, 9.17) is 9.47 Å². The molecule has 0 radical (unpaired) electrons. The van der Waals surface area contributed by atoms with E-state index in [9.17, 15) is 14.4 Å². The maximum Gasteiger partial charge on any atom is 0.407 e. The number of carbonyl (C=O) groups is 3. The van der Waals surface area contributed by atoms with Gasteiger partial charge in [0.2, 0.25) is 0 Å². The van der Waals surface area contributed by atoms with Crippen molar-refractivity contribution in [3.8, 4) is 11.3 Å². The Labute approximate surface area is 245 Å². The van der Waals surface area contributed by atoms with Gasteiger partial charge >= 0.3 is 6.09 Å². The summed E-state index contributed by atoms with van der Waals surface area (Å²) < 4.78 is 12.5. The third kappa shape index (κ3) is 8.52. The van der Waals surface area contributed by atoms with Crippen LogP contribution in [-0.4, -0.2) is 46.4 Å². The van der Waals surface area contributed by atoms with Crippen LogP contribution in [0, 0.1) is 0 Å². The SMILES string of the molecule is Cn1nc(-c2ccc(NC(=O)c3ccccc3COCCNC(=O)OC(C)(C)C)cc2)cc1NC(=O)c1ccccc1. The molecule has 0 aliphatic heterocycles. The van der Waals surface area contributed by atoms with Crippen molar-refractivity contribution in [3.05, 3.63) is 102 Å². The Bertz CT molecular complexity index is 1530. The fraction of sp³-hybridized carbons (Fsp3) is 0.250. The molecule has 3 aromatic carbocycles. The van der Waals surface area contributed by atoms with Crippen LogP contribution in [0.3, 0.4) is 0 Å². The Kier molecular flexibility index (Phi) is 9.72. The highest BCUT2D eigenvalue weighted by Gasteiger charge is 2.16. The van der Waals surface area contributed by atoms with Crippen molar-refractivity contribution < 1.29 is 23.9 Å². The van der Waals surface area contributed by atoms with Crippen molar-refractivity contribution in [1.29, 1.82) is 0 Å². The van der Waals surface area contributed by atoms with E-state index in [0.29, 0.717) is 28.3 Å². The van der Waals surface area contributed by atoms with E-state index < -0.39 is 11.7 Å². The molecular formula is C32H35N5O5. The lowest BCUT2D eigenvalue weighted by molar-refractivity contribution is 0.0493. The molecule has 0 spiro atoms. The lowest BCUT2D eigenvalue weighted by Crippen LogP contribution is -2.34. The van der Waals surface area contributed by atoms with E-state index in [-0.39, 0.29) is 31.6 Å². The van der Waals surface area contributed by atoms with Crippen LogP contribution in [0.4, 0.5) is 16.3 Å². The highest BCUT2D eigenvalue weighted by atomic mass is 16.6. The molecule has 4 rings (SSSR count). The summed E-state index contributed by atoms with van der Waals surface area (Å²) in [5.41, 5.74) is 3.34. The molecule has 10 heteroatoms. The number of rotatable bonds is 10. The van der Waals surface area contributed by atoms with Crippen LogP contribution in [-0.2, 0) is 23.1 Å². The van der Waals surface area contributed by atoms with Crippen molar-refractivity contribution >= 4 is 29.4 Å². The number of ether oxygens (including phenoxy) is 2. The number of alkyl carbamates (subject to hydrolysis) is 1. The smallest absolute Gasteiger partial charge is 0.407 e. The molecule has 1 aromatic heterocycles. The molecule has 0 bridgehead atoms. The maximum absolute atomic E-state index is 13.1. The van der Waals surface area contributed by atoms with Gasteiger partial charge in [-0.3, -0.25) is 14.3 Å².